The summed E-state index contributed by atoms with van der Waals surface area (Å²) >= 11 is 0. The lowest BCUT2D eigenvalue weighted by Gasteiger charge is -2.37. The number of benzene rings is 1. The average molecular weight is 343 g/mol. The van der Waals surface area contributed by atoms with Crippen molar-refractivity contribution < 1.29 is 14.6 Å². The monoisotopic (exact) mass is 343 g/mol. The largest absolute Gasteiger partial charge is 0.396 e. The molecule has 1 aromatic heterocycles. The van der Waals surface area contributed by atoms with Gasteiger partial charge in [-0.1, -0.05) is 18.2 Å². The van der Waals surface area contributed by atoms with Gasteiger partial charge < -0.3 is 14.7 Å². The van der Waals surface area contributed by atoms with E-state index >= 15 is 0 Å². The second kappa shape index (κ2) is 6.50. The number of aliphatic hydroxyl groups is 1. The Morgan fingerprint density at radius 2 is 2.08 bits per heavy atom. The summed E-state index contributed by atoms with van der Waals surface area (Å²) in [6.45, 7) is 1.09. The number of ether oxygens (including phenoxy) is 1. The highest BCUT2D eigenvalue weighted by Crippen LogP contribution is 2.34. The molecule has 0 radical (unpaired) electrons. The van der Waals surface area contributed by atoms with Crippen LogP contribution in [0.4, 0.5) is 0 Å². The van der Waals surface area contributed by atoms with E-state index in [4.69, 9.17) is 4.74 Å². The summed E-state index contributed by atoms with van der Waals surface area (Å²) in [6, 6.07) is 10.5. The molecule has 25 heavy (non-hydrogen) atoms. The third-order valence-electron chi connectivity index (χ3n) is 5.12. The minimum Gasteiger partial charge on any atom is -0.396 e. The van der Waals surface area contributed by atoms with Crippen molar-refractivity contribution in [3.05, 3.63) is 52.4 Å². The molecule has 2 aromatic rings. The van der Waals surface area contributed by atoms with Crippen LogP contribution in [0.2, 0.25) is 0 Å². The molecule has 0 unspecified atom stereocenters. The van der Waals surface area contributed by atoms with Crippen LogP contribution in [-0.4, -0.2) is 57.6 Å². The van der Waals surface area contributed by atoms with E-state index in [2.05, 4.69) is 5.10 Å². The van der Waals surface area contributed by atoms with Gasteiger partial charge in [-0.05, 0) is 30.9 Å². The molecule has 2 aliphatic rings. The van der Waals surface area contributed by atoms with E-state index in [1.165, 1.54) is 10.7 Å². The maximum atomic E-state index is 13.0. The lowest BCUT2D eigenvalue weighted by Crippen LogP contribution is -2.51. The summed E-state index contributed by atoms with van der Waals surface area (Å²) in [5.41, 5.74) is 0.702. The Bertz CT molecular complexity index is 813. The van der Waals surface area contributed by atoms with Crippen LogP contribution in [0.3, 0.4) is 0 Å². The van der Waals surface area contributed by atoms with E-state index in [1.54, 1.807) is 17.0 Å². The van der Waals surface area contributed by atoms with Crippen LogP contribution >= 0.6 is 0 Å². The van der Waals surface area contributed by atoms with Crippen LogP contribution in [-0.2, 0) is 4.74 Å². The molecule has 3 atom stereocenters. The number of carbonyl (C=O) groups excluding carboxylic acids is 1. The number of carbonyl (C=O) groups is 1. The molecule has 1 saturated carbocycles. The van der Waals surface area contributed by atoms with E-state index < -0.39 is 0 Å². The smallest absolute Gasteiger partial charge is 0.272 e. The lowest BCUT2D eigenvalue weighted by atomic mass is 10.1. The summed E-state index contributed by atoms with van der Waals surface area (Å²) in [5, 5.41) is 12.3. The molecule has 1 aromatic carbocycles. The first-order chi connectivity index (χ1) is 12.2. The van der Waals surface area contributed by atoms with Gasteiger partial charge in [0.15, 0.2) is 0 Å². The molecule has 1 amide bonds. The summed E-state index contributed by atoms with van der Waals surface area (Å²) in [7, 11) is 0. The van der Waals surface area contributed by atoms with Crippen LogP contribution in [0.15, 0.2) is 41.2 Å². The normalized spacial score (nSPS) is 25.8. The van der Waals surface area contributed by atoms with Crippen LogP contribution in [0.1, 0.15) is 23.3 Å². The number of aliphatic hydroxyl groups excluding tert-OH is 1. The van der Waals surface area contributed by atoms with Crippen molar-refractivity contribution in [2.45, 2.75) is 25.0 Å². The maximum absolute atomic E-state index is 13.0. The Labute approximate surface area is 144 Å². The second-order valence-electron chi connectivity index (χ2n) is 6.67. The molecule has 1 aliphatic carbocycles. The van der Waals surface area contributed by atoms with Gasteiger partial charge in [0.05, 0.1) is 24.4 Å². The van der Waals surface area contributed by atoms with Crippen molar-refractivity contribution in [3.63, 3.8) is 0 Å². The molecule has 1 saturated heterocycles. The van der Waals surface area contributed by atoms with Crippen molar-refractivity contribution in [1.29, 1.82) is 0 Å². The zero-order chi connectivity index (χ0) is 17.4. The van der Waals surface area contributed by atoms with Crippen molar-refractivity contribution >= 4 is 5.91 Å². The third-order valence-corrected chi connectivity index (χ3v) is 5.12. The molecule has 2 N–H and O–H groups in total. The number of nitrogens with one attached hydrogen (secondary N) is 1. The van der Waals surface area contributed by atoms with E-state index in [9.17, 15) is 14.7 Å². The van der Waals surface area contributed by atoms with E-state index in [-0.39, 0.29) is 41.8 Å². The first-order valence-electron chi connectivity index (χ1n) is 8.58. The topological polar surface area (TPSA) is 87.6 Å². The molecule has 1 aliphatic heterocycles. The molecule has 2 heterocycles. The number of nitrogens with zero attached hydrogens (tertiary/aromatic N) is 2. The van der Waals surface area contributed by atoms with Crippen LogP contribution in [0.25, 0.3) is 5.69 Å². The lowest BCUT2D eigenvalue weighted by molar-refractivity contribution is -0.0450. The molecular formula is C18H21N3O4. The summed E-state index contributed by atoms with van der Waals surface area (Å²) < 4.78 is 7.14. The number of aromatic amines is 1. The summed E-state index contributed by atoms with van der Waals surface area (Å²) in [4.78, 5) is 27.0. The number of hydrogen-bond donors (Lipinski definition) is 2. The molecule has 7 heteroatoms. The minimum absolute atomic E-state index is 0.0298. The molecule has 0 bridgehead atoms. The Morgan fingerprint density at radius 3 is 2.84 bits per heavy atom. The van der Waals surface area contributed by atoms with Crippen molar-refractivity contribution in [3.8, 4) is 5.69 Å². The van der Waals surface area contributed by atoms with Gasteiger partial charge >= 0.3 is 0 Å². The fraction of sp³-hybridized carbons (Fsp3) is 0.444. The zero-order valence-corrected chi connectivity index (χ0v) is 13.8. The van der Waals surface area contributed by atoms with E-state index in [1.807, 2.05) is 18.2 Å². The molecule has 4 rings (SSSR count). The third kappa shape index (κ3) is 2.89. The Kier molecular flexibility index (Phi) is 4.19. The van der Waals surface area contributed by atoms with Crippen LogP contribution < -0.4 is 5.56 Å². The molecule has 132 valence electrons. The molecule has 2 fully saturated rings. The molecule has 0 spiro atoms. The van der Waals surface area contributed by atoms with Gasteiger partial charge in [-0.25, -0.2) is 4.68 Å². The second-order valence-corrected chi connectivity index (χ2v) is 6.67. The first kappa shape index (κ1) is 16.1. The summed E-state index contributed by atoms with van der Waals surface area (Å²) in [5.74, 6) is -0.0277. The van der Waals surface area contributed by atoms with Crippen molar-refractivity contribution in [2.24, 2.45) is 5.92 Å². The Hall–Kier alpha value is -2.38. The predicted molar refractivity (Wildman–Crippen MR) is 90.8 cm³/mol. The number of aromatic nitrogens is 2. The molecular weight excluding hydrogens is 322 g/mol. The minimum atomic E-state index is -0.265. The fourth-order valence-corrected chi connectivity index (χ4v) is 3.88. The van der Waals surface area contributed by atoms with Gasteiger partial charge in [-0.2, -0.15) is 0 Å². The van der Waals surface area contributed by atoms with Crippen molar-refractivity contribution in [1.82, 2.24) is 14.7 Å². The number of morpholine rings is 1. The number of H-pyrrole nitrogens is 1. The number of hydrogen-bond acceptors (Lipinski definition) is 4. The van der Waals surface area contributed by atoms with Gasteiger partial charge in [0.2, 0.25) is 0 Å². The zero-order valence-electron chi connectivity index (χ0n) is 13.8. The number of para-hydroxylation sites is 1. The van der Waals surface area contributed by atoms with Gasteiger partial charge in [0.1, 0.15) is 5.69 Å². The van der Waals surface area contributed by atoms with Crippen LogP contribution in [0, 0.1) is 5.92 Å². The summed E-state index contributed by atoms with van der Waals surface area (Å²) in [6.07, 6.45) is 1.47. The van der Waals surface area contributed by atoms with Gasteiger partial charge in [-0.3, -0.25) is 14.7 Å². The highest BCUT2D eigenvalue weighted by Gasteiger charge is 2.43. The number of rotatable bonds is 3. The molecule has 7 nitrogen and oxygen atoms in total. The van der Waals surface area contributed by atoms with E-state index in [0.717, 1.165) is 12.8 Å². The van der Waals surface area contributed by atoms with Crippen LogP contribution in [0.5, 0.6) is 0 Å². The highest BCUT2D eigenvalue weighted by atomic mass is 16.5. The average Bonchev–Trinajstić information content (AvgIpc) is 3.24. The standard InChI is InChI=1S/C18H21N3O4/c22-11-12-8-15-16(9-12)25-7-6-20(15)18(24)14-10-17(23)21(19-14)13-4-2-1-3-5-13/h1-5,10,12,15-16,19,22H,6-9,11H2/t12-,15+,16+/m1/s1. The number of amides is 1. The van der Waals surface area contributed by atoms with Gasteiger partial charge in [0.25, 0.3) is 11.5 Å². The predicted octanol–water partition coefficient (Wildman–Crippen LogP) is 0.777. The van der Waals surface area contributed by atoms with Gasteiger partial charge in [-0.15, -0.1) is 0 Å². The first-order valence-corrected chi connectivity index (χ1v) is 8.58. The highest BCUT2D eigenvalue weighted by molar-refractivity contribution is 5.92. The van der Waals surface area contributed by atoms with Crippen molar-refractivity contribution in [2.75, 3.05) is 19.8 Å². The number of fused-ring (bicyclic) bond motifs is 1. The quantitative estimate of drug-likeness (QED) is 0.862. The van der Waals surface area contributed by atoms with Gasteiger partial charge in [0, 0.05) is 19.2 Å². The Balaban J connectivity index is 1.60. The SMILES string of the molecule is O=C(c1cc(=O)n(-c2ccccc2)[nH]1)N1CCO[C@H]2C[C@H](CO)C[C@@H]21. The fourth-order valence-electron chi connectivity index (χ4n) is 3.88. The maximum Gasteiger partial charge on any atom is 0.272 e. The Morgan fingerprint density at radius 1 is 1.28 bits per heavy atom. The van der Waals surface area contributed by atoms with E-state index in [0.29, 0.717) is 18.8 Å².